The molecule has 6 nitrogen and oxygen atoms in total. The van der Waals surface area contributed by atoms with Gasteiger partial charge in [0.2, 0.25) is 5.91 Å². The van der Waals surface area contributed by atoms with Crippen LogP contribution in [0.4, 0.5) is 10.1 Å². The molecule has 1 aromatic heterocycles. The summed E-state index contributed by atoms with van der Waals surface area (Å²) in [5, 5.41) is 2.75. The van der Waals surface area contributed by atoms with Gasteiger partial charge in [0.1, 0.15) is 10.0 Å². The first-order chi connectivity index (χ1) is 13.2. The third-order valence-electron chi connectivity index (χ3n) is 4.80. The molecule has 3 rings (SSSR count). The van der Waals surface area contributed by atoms with Crippen LogP contribution >= 0.6 is 22.9 Å². The molecule has 1 aliphatic rings. The van der Waals surface area contributed by atoms with Crippen LogP contribution in [-0.2, 0) is 14.8 Å². The first kappa shape index (κ1) is 21.2. The molecule has 2 heterocycles. The summed E-state index contributed by atoms with van der Waals surface area (Å²) >= 11 is 6.88. The maximum Gasteiger partial charge on any atom is 0.252 e. The molecule has 2 aromatic rings. The zero-order valence-corrected chi connectivity index (χ0v) is 17.9. The summed E-state index contributed by atoms with van der Waals surface area (Å²) in [7, 11) is -3.57. The quantitative estimate of drug-likeness (QED) is 0.767. The normalized spacial score (nSPS) is 17.4. The average Bonchev–Trinajstić information content (AvgIpc) is 3.11. The lowest BCUT2D eigenvalue weighted by Gasteiger charge is -2.36. The number of sulfonamides is 1. The number of thiophene rings is 1. The Kier molecular flexibility index (Phi) is 6.41. The molecule has 1 aromatic carbocycles. The first-order valence-electron chi connectivity index (χ1n) is 8.75. The first-order valence-corrected chi connectivity index (χ1v) is 11.4. The van der Waals surface area contributed by atoms with Crippen molar-refractivity contribution in [2.24, 2.45) is 0 Å². The van der Waals surface area contributed by atoms with Crippen LogP contribution in [0.2, 0.25) is 4.34 Å². The topological polar surface area (TPSA) is 69.7 Å². The minimum absolute atomic E-state index is 0.221. The fraction of sp³-hybridized carbons (Fsp3) is 0.389. The Morgan fingerprint density at radius 2 is 1.89 bits per heavy atom. The monoisotopic (exact) mass is 445 g/mol. The number of benzene rings is 1. The number of carbonyl (C=O) groups is 1. The largest absolute Gasteiger partial charge is 0.324 e. The van der Waals surface area contributed by atoms with E-state index >= 15 is 0 Å². The van der Waals surface area contributed by atoms with Gasteiger partial charge in [-0.25, -0.2) is 12.8 Å². The Hall–Kier alpha value is -1.52. The van der Waals surface area contributed by atoms with Crippen LogP contribution in [0.3, 0.4) is 0 Å². The van der Waals surface area contributed by atoms with Gasteiger partial charge < -0.3 is 5.32 Å². The van der Waals surface area contributed by atoms with E-state index in [0.29, 0.717) is 23.1 Å². The van der Waals surface area contributed by atoms with Gasteiger partial charge in [0.25, 0.3) is 10.0 Å². The third kappa shape index (κ3) is 4.55. The summed E-state index contributed by atoms with van der Waals surface area (Å²) in [6.45, 7) is 4.97. The summed E-state index contributed by atoms with van der Waals surface area (Å²) < 4.78 is 40.8. The standard InChI is InChI=1S/C18H21ClFN3O3S2/c1-12-3-4-14(20)11-15(12)21-18(24)13(2)22-7-9-23(10-8-22)28(25,26)17-6-5-16(19)27-17/h3-6,11,13H,7-10H2,1-2H3,(H,21,24). The smallest absolute Gasteiger partial charge is 0.252 e. The number of rotatable bonds is 5. The van der Waals surface area contributed by atoms with Crippen LogP contribution in [0.15, 0.2) is 34.5 Å². The van der Waals surface area contributed by atoms with Gasteiger partial charge in [-0.1, -0.05) is 17.7 Å². The van der Waals surface area contributed by atoms with Crippen LogP contribution < -0.4 is 5.32 Å². The lowest BCUT2D eigenvalue weighted by Crippen LogP contribution is -2.53. The fourth-order valence-corrected chi connectivity index (χ4v) is 6.09. The van der Waals surface area contributed by atoms with Crippen molar-refractivity contribution in [3.8, 4) is 0 Å². The molecule has 1 unspecified atom stereocenters. The number of carbonyl (C=O) groups excluding carboxylic acids is 1. The highest BCUT2D eigenvalue weighted by molar-refractivity contribution is 7.91. The van der Waals surface area contributed by atoms with E-state index in [4.69, 9.17) is 11.6 Å². The van der Waals surface area contributed by atoms with Gasteiger partial charge in [-0.05, 0) is 43.7 Å². The summed E-state index contributed by atoms with van der Waals surface area (Å²) in [6.07, 6.45) is 0. The molecule has 1 amide bonds. The van der Waals surface area contributed by atoms with E-state index in [-0.39, 0.29) is 23.2 Å². The summed E-state index contributed by atoms with van der Waals surface area (Å²) in [5.74, 6) is -0.670. The van der Waals surface area contributed by atoms with E-state index in [9.17, 15) is 17.6 Å². The minimum Gasteiger partial charge on any atom is -0.324 e. The van der Waals surface area contributed by atoms with E-state index < -0.39 is 21.9 Å². The molecular weight excluding hydrogens is 425 g/mol. The van der Waals surface area contributed by atoms with Gasteiger partial charge >= 0.3 is 0 Å². The SMILES string of the molecule is Cc1ccc(F)cc1NC(=O)C(C)N1CCN(S(=O)(=O)c2ccc(Cl)s2)CC1. The van der Waals surface area contributed by atoms with Gasteiger partial charge in [0, 0.05) is 31.9 Å². The number of nitrogens with one attached hydrogen (secondary N) is 1. The Morgan fingerprint density at radius 3 is 2.50 bits per heavy atom. The number of halogens is 2. The molecule has 1 fully saturated rings. The van der Waals surface area contributed by atoms with Gasteiger partial charge in [-0.3, -0.25) is 9.69 Å². The van der Waals surface area contributed by atoms with Crippen molar-refractivity contribution in [3.05, 3.63) is 46.0 Å². The average molecular weight is 446 g/mol. The van der Waals surface area contributed by atoms with E-state index in [1.54, 1.807) is 26.0 Å². The fourth-order valence-electron chi connectivity index (χ4n) is 3.03. The predicted octanol–water partition coefficient (Wildman–Crippen LogP) is 3.18. The number of aryl methyl sites for hydroxylation is 1. The highest BCUT2D eigenvalue weighted by Crippen LogP contribution is 2.28. The Bertz CT molecular complexity index is 972. The van der Waals surface area contributed by atoms with Crippen LogP contribution in [0.25, 0.3) is 0 Å². The van der Waals surface area contributed by atoms with Crippen molar-refractivity contribution in [3.63, 3.8) is 0 Å². The van der Waals surface area contributed by atoms with Crippen molar-refractivity contribution >= 4 is 44.6 Å². The molecule has 1 saturated heterocycles. The summed E-state index contributed by atoms with van der Waals surface area (Å²) in [4.78, 5) is 14.5. The van der Waals surface area contributed by atoms with E-state index in [1.165, 1.54) is 22.5 Å². The highest BCUT2D eigenvalue weighted by Gasteiger charge is 2.32. The molecule has 0 bridgehead atoms. The van der Waals surface area contributed by atoms with E-state index in [0.717, 1.165) is 16.9 Å². The second-order valence-electron chi connectivity index (χ2n) is 6.62. The van der Waals surface area contributed by atoms with Crippen molar-refractivity contribution in [1.82, 2.24) is 9.21 Å². The number of nitrogens with zero attached hydrogens (tertiary/aromatic N) is 2. The number of amides is 1. The van der Waals surface area contributed by atoms with Crippen molar-refractivity contribution in [2.75, 3.05) is 31.5 Å². The maximum atomic E-state index is 13.4. The number of anilines is 1. The van der Waals surface area contributed by atoms with E-state index in [2.05, 4.69) is 5.32 Å². The number of hydrogen-bond donors (Lipinski definition) is 1. The molecule has 1 atom stereocenters. The van der Waals surface area contributed by atoms with Crippen LogP contribution in [0.5, 0.6) is 0 Å². The van der Waals surface area contributed by atoms with Crippen LogP contribution in [-0.4, -0.2) is 55.8 Å². The van der Waals surface area contributed by atoms with Gasteiger partial charge in [0.15, 0.2) is 0 Å². The van der Waals surface area contributed by atoms with Gasteiger partial charge in [0.05, 0.1) is 10.4 Å². The van der Waals surface area contributed by atoms with Crippen molar-refractivity contribution in [2.45, 2.75) is 24.1 Å². The summed E-state index contributed by atoms with van der Waals surface area (Å²) in [6, 6.07) is 6.84. The second-order valence-corrected chi connectivity index (χ2v) is 10.5. The summed E-state index contributed by atoms with van der Waals surface area (Å²) in [5.41, 5.74) is 1.21. The molecule has 0 radical (unpaired) electrons. The van der Waals surface area contributed by atoms with Crippen molar-refractivity contribution in [1.29, 1.82) is 0 Å². The molecule has 0 spiro atoms. The van der Waals surface area contributed by atoms with Crippen LogP contribution in [0, 0.1) is 12.7 Å². The van der Waals surface area contributed by atoms with Crippen LogP contribution in [0.1, 0.15) is 12.5 Å². The lowest BCUT2D eigenvalue weighted by molar-refractivity contribution is -0.121. The molecule has 0 saturated carbocycles. The Morgan fingerprint density at radius 1 is 1.21 bits per heavy atom. The van der Waals surface area contributed by atoms with Gasteiger partial charge in [-0.2, -0.15) is 4.31 Å². The maximum absolute atomic E-state index is 13.4. The zero-order chi connectivity index (χ0) is 20.5. The predicted molar refractivity (Wildman–Crippen MR) is 109 cm³/mol. The Labute approximate surface area is 173 Å². The zero-order valence-electron chi connectivity index (χ0n) is 15.5. The second kappa shape index (κ2) is 8.46. The third-order valence-corrected chi connectivity index (χ3v) is 8.40. The van der Waals surface area contributed by atoms with Gasteiger partial charge in [-0.15, -0.1) is 11.3 Å². The number of hydrogen-bond acceptors (Lipinski definition) is 5. The van der Waals surface area contributed by atoms with E-state index in [1.807, 2.05) is 4.90 Å². The molecule has 10 heteroatoms. The molecular formula is C18H21ClFN3O3S2. The lowest BCUT2D eigenvalue weighted by atomic mass is 10.1. The number of piperazine rings is 1. The molecule has 1 N–H and O–H groups in total. The Balaban J connectivity index is 1.61. The molecule has 28 heavy (non-hydrogen) atoms. The van der Waals surface area contributed by atoms with Crippen molar-refractivity contribution < 1.29 is 17.6 Å². The molecule has 1 aliphatic heterocycles. The molecule has 0 aliphatic carbocycles. The molecule has 152 valence electrons. The highest BCUT2D eigenvalue weighted by atomic mass is 35.5. The minimum atomic E-state index is -3.57.